The van der Waals surface area contributed by atoms with Crippen molar-refractivity contribution in [1.29, 1.82) is 0 Å². The van der Waals surface area contributed by atoms with E-state index in [0.717, 1.165) is 11.5 Å². The molecule has 0 aliphatic rings. The molecule has 0 aromatic heterocycles. The van der Waals surface area contributed by atoms with Crippen LogP contribution in [0.3, 0.4) is 0 Å². The summed E-state index contributed by atoms with van der Waals surface area (Å²) in [6.07, 6.45) is 0. The predicted molar refractivity (Wildman–Crippen MR) is 81.4 cm³/mol. The quantitative estimate of drug-likeness (QED) is 0.548. The summed E-state index contributed by atoms with van der Waals surface area (Å²) in [5, 5.41) is 2.66. The normalized spacial score (nSPS) is 12.5. The van der Waals surface area contributed by atoms with Crippen molar-refractivity contribution >= 4 is 46.6 Å². The van der Waals surface area contributed by atoms with Gasteiger partial charge in [0.2, 0.25) is 11.6 Å². The van der Waals surface area contributed by atoms with Gasteiger partial charge in [-0.3, -0.25) is 4.79 Å². The largest absolute Gasteiger partial charge is 0.358 e. The zero-order chi connectivity index (χ0) is 13.5. The van der Waals surface area contributed by atoms with Gasteiger partial charge in [-0.25, -0.2) is 0 Å². The number of nitrogens with one attached hydrogen (secondary N) is 1. The Labute approximate surface area is 117 Å². The lowest BCUT2D eigenvalue weighted by molar-refractivity contribution is -0.122. The molecule has 102 valence electrons. The third-order valence-corrected chi connectivity index (χ3v) is 9.42. The van der Waals surface area contributed by atoms with Gasteiger partial charge in [0.15, 0.2) is 0 Å². The summed E-state index contributed by atoms with van der Waals surface area (Å²) in [7, 11) is 4.78. The van der Waals surface area contributed by atoms with Crippen LogP contribution in [-0.4, -0.2) is 43.4 Å². The van der Waals surface area contributed by atoms with Crippen molar-refractivity contribution in [3.05, 3.63) is 0 Å². The average molecular weight is 317 g/mol. The maximum atomic E-state index is 11.5. The Kier molecular flexibility index (Phi) is 8.37. The average Bonchev–Trinajstić information content (AvgIpc) is 2.33. The number of thioether (sulfide) groups is 1. The van der Waals surface area contributed by atoms with Gasteiger partial charge >= 0.3 is 0 Å². The Balaban J connectivity index is 4.01. The molecule has 8 heteroatoms. The van der Waals surface area contributed by atoms with E-state index in [2.05, 4.69) is 5.32 Å². The van der Waals surface area contributed by atoms with Crippen LogP contribution in [0.5, 0.6) is 0 Å². The Hall–Kier alpha value is 0.740. The molecule has 1 N–H and O–H groups in total. The van der Waals surface area contributed by atoms with Crippen LogP contribution < -0.4 is 5.32 Å². The van der Waals surface area contributed by atoms with Gasteiger partial charge < -0.3 is 14.4 Å². The van der Waals surface area contributed by atoms with Crippen LogP contribution >= 0.6 is 28.8 Å². The SMILES string of the molecule is CNC(=O)C(C)(C)SCCSP(=S)(OC)OC. The van der Waals surface area contributed by atoms with E-state index in [0.29, 0.717) is 0 Å². The molecule has 0 atom stereocenters. The van der Waals surface area contributed by atoms with Crippen molar-refractivity contribution in [2.45, 2.75) is 18.6 Å². The topological polar surface area (TPSA) is 47.6 Å². The molecule has 17 heavy (non-hydrogen) atoms. The van der Waals surface area contributed by atoms with Crippen molar-refractivity contribution < 1.29 is 13.8 Å². The summed E-state index contributed by atoms with van der Waals surface area (Å²) in [6, 6.07) is 0. The fourth-order valence-electron chi connectivity index (χ4n) is 0.992. The zero-order valence-electron chi connectivity index (χ0n) is 10.8. The van der Waals surface area contributed by atoms with Gasteiger partial charge in [0.25, 0.3) is 0 Å². The van der Waals surface area contributed by atoms with Crippen LogP contribution in [0.4, 0.5) is 0 Å². The molecule has 0 unspecified atom stereocenters. The fraction of sp³-hybridized carbons (Fsp3) is 0.889. The van der Waals surface area contributed by atoms with E-state index >= 15 is 0 Å². The van der Waals surface area contributed by atoms with Crippen molar-refractivity contribution in [3.63, 3.8) is 0 Å². The molecule has 0 fully saturated rings. The standard InChI is InChI=1S/C9H20NO3PS3/c1-9(2,8(11)10-3)16-6-7-17-14(15,12-4)13-5/h6-7H2,1-5H3,(H,10,11). The second kappa shape index (κ2) is 8.02. The molecule has 0 aromatic rings. The highest BCUT2D eigenvalue weighted by Gasteiger charge is 2.27. The van der Waals surface area contributed by atoms with E-state index in [4.69, 9.17) is 20.9 Å². The van der Waals surface area contributed by atoms with E-state index in [9.17, 15) is 4.79 Å². The highest BCUT2D eigenvalue weighted by Crippen LogP contribution is 2.59. The number of carbonyl (C=O) groups is 1. The second-order valence-electron chi connectivity index (χ2n) is 3.58. The Bertz CT molecular complexity index is 291. The molecular formula is C9H20NO3PS3. The molecule has 0 aliphatic heterocycles. The van der Waals surface area contributed by atoms with Gasteiger partial charge in [-0.05, 0) is 25.7 Å². The van der Waals surface area contributed by atoms with Gasteiger partial charge in [0, 0.05) is 32.8 Å². The first-order chi connectivity index (χ1) is 7.81. The third-order valence-electron chi connectivity index (χ3n) is 2.02. The molecule has 0 spiro atoms. The molecular weight excluding hydrogens is 297 g/mol. The van der Waals surface area contributed by atoms with Crippen LogP contribution in [-0.2, 0) is 25.6 Å². The molecule has 1 amide bonds. The first kappa shape index (κ1) is 17.7. The molecule has 0 heterocycles. The lowest BCUT2D eigenvalue weighted by Crippen LogP contribution is -2.37. The summed E-state index contributed by atoms with van der Waals surface area (Å²) in [6.45, 7) is 3.81. The molecule has 0 saturated heterocycles. The summed E-state index contributed by atoms with van der Waals surface area (Å²) in [5.74, 6) is 1.67. The third kappa shape index (κ3) is 6.45. The minimum absolute atomic E-state index is 0.0328. The van der Waals surface area contributed by atoms with Gasteiger partial charge in [0.1, 0.15) is 0 Å². The minimum atomic E-state index is -2.16. The highest BCUT2D eigenvalue weighted by atomic mass is 32.9. The zero-order valence-corrected chi connectivity index (χ0v) is 14.2. The number of hydrogen-bond acceptors (Lipinski definition) is 6. The summed E-state index contributed by atoms with van der Waals surface area (Å²) in [4.78, 5) is 11.5. The van der Waals surface area contributed by atoms with E-state index in [1.54, 1.807) is 33.0 Å². The van der Waals surface area contributed by atoms with Gasteiger partial charge in [0.05, 0.1) is 4.75 Å². The molecule has 0 aromatic carbocycles. The van der Waals surface area contributed by atoms with Crippen molar-refractivity contribution in [2.75, 3.05) is 32.8 Å². The molecule has 0 aliphatic carbocycles. The monoisotopic (exact) mass is 317 g/mol. The molecule has 0 bridgehead atoms. The maximum Gasteiger partial charge on any atom is 0.246 e. The van der Waals surface area contributed by atoms with E-state index in [-0.39, 0.29) is 5.91 Å². The van der Waals surface area contributed by atoms with Crippen LogP contribution in [0.25, 0.3) is 0 Å². The minimum Gasteiger partial charge on any atom is -0.358 e. The maximum absolute atomic E-state index is 11.5. The molecule has 0 radical (unpaired) electrons. The highest BCUT2D eigenvalue weighted by molar-refractivity contribution is 8.68. The summed E-state index contributed by atoms with van der Waals surface area (Å²) in [5.41, 5.74) is -2.16. The number of carbonyl (C=O) groups excluding carboxylic acids is 1. The fourth-order valence-corrected chi connectivity index (χ4v) is 5.60. The second-order valence-corrected chi connectivity index (χ2v) is 11.9. The first-order valence-electron chi connectivity index (χ1n) is 5.03. The van der Waals surface area contributed by atoms with E-state index in [1.165, 1.54) is 11.4 Å². The summed E-state index contributed by atoms with van der Waals surface area (Å²) >= 11 is 8.34. The number of rotatable bonds is 8. The van der Waals surface area contributed by atoms with Crippen molar-refractivity contribution in [2.24, 2.45) is 0 Å². The van der Waals surface area contributed by atoms with E-state index < -0.39 is 10.4 Å². The van der Waals surface area contributed by atoms with Crippen LogP contribution in [0, 0.1) is 0 Å². The molecule has 0 rings (SSSR count). The Morgan fingerprint density at radius 2 is 1.88 bits per heavy atom. The van der Waals surface area contributed by atoms with Gasteiger partial charge in [-0.1, -0.05) is 11.4 Å². The summed E-state index contributed by atoms with van der Waals surface area (Å²) < 4.78 is 9.91. The smallest absolute Gasteiger partial charge is 0.246 e. The number of hydrogen-bond donors (Lipinski definition) is 1. The van der Waals surface area contributed by atoms with E-state index in [1.807, 2.05) is 13.8 Å². The lowest BCUT2D eigenvalue weighted by Gasteiger charge is -2.22. The lowest BCUT2D eigenvalue weighted by atomic mass is 10.2. The Morgan fingerprint density at radius 1 is 1.35 bits per heavy atom. The molecule has 0 saturated carbocycles. The van der Waals surface area contributed by atoms with Crippen molar-refractivity contribution in [1.82, 2.24) is 5.32 Å². The molecule has 4 nitrogen and oxygen atoms in total. The van der Waals surface area contributed by atoms with Crippen LogP contribution in [0.15, 0.2) is 0 Å². The van der Waals surface area contributed by atoms with Gasteiger partial charge in [-0.15, -0.1) is 11.8 Å². The first-order valence-corrected chi connectivity index (χ1v) is 10.2. The number of amides is 1. The van der Waals surface area contributed by atoms with Crippen LogP contribution in [0.1, 0.15) is 13.8 Å². The van der Waals surface area contributed by atoms with Crippen molar-refractivity contribution in [3.8, 4) is 0 Å². The predicted octanol–water partition coefficient (Wildman–Crippen LogP) is 2.49. The Morgan fingerprint density at radius 3 is 2.29 bits per heavy atom. The van der Waals surface area contributed by atoms with Crippen LogP contribution in [0.2, 0.25) is 0 Å². The van der Waals surface area contributed by atoms with Gasteiger partial charge in [-0.2, -0.15) is 0 Å².